The van der Waals surface area contributed by atoms with Crippen LogP contribution in [0.4, 0.5) is 4.79 Å². The standard InChI is InChI=1S/C29H40ClN3O4/c1-20-12-13-23(28(34)33-19-25(31-2)16-21-8-5-4-6-9-21)18-26(20)27(22-10-7-11-24(30)17-22)37-15-14-32-29(35)36-3/h7,10-13,17-18,21,25,27,31H,4-6,8-9,14-16,19H2,1-3H3,(H,32,35)(H,33,34)/t25?,27-/m0/s1. The van der Waals surface area contributed by atoms with Crippen molar-refractivity contribution in [3.05, 3.63) is 69.7 Å². The quantitative estimate of drug-likeness (QED) is 0.320. The van der Waals surface area contributed by atoms with Gasteiger partial charge in [0.15, 0.2) is 0 Å². The number of carbonyl (C=O) groups excluding carboxylic acids is 2. The summed E-state index contributed by atoms with van der Waals surface area (Å²) in [7, 11) is 3.28. The van der Waals surface area contributed by atoms with Crippen LogP contribution in [-0.4, -0.2) is 51.9 Å². The molecule has 0 bridgehead atoms. The highest BCUT2D eigenvalue weighted by molar-refractivity contribution is 6.30. The lowest BCUT2D eigenvalue weighted by molar-refractivity contribution is 0.0800. The fourth-order valence-electron chi connectivity index (χ4n) is 4.95. The monoisotopic (exact) mass is 529 g/mol. The number of rotatable bonds is 12. The Balaban J connectivity index is 1.72. The third kappa shape index (κ3) is 9.02. The summed E-state index contributed by atoms with van der Waals surface area (Å²) in [6.07, 6.45) is 6.65. The normalized spacial score (nSPS) is 15.6. The smallest absolute Gasteiger partial charge is 0.406 e. The van der Waals surface area contributed by atoms with Crippen molar-refractivity contribution in [2.45, 2.75) is 57.6 Å². The van der Waals surface area contributed by atoms with Gasteiger partial charge in [-0.05, 0) is 67.3 Å². The maximum Gasteiger partial charge on any atom is 0.406 e. The molecule has 1 unspecified atom stereocenters. The van der Waals surface area contributed by atoms with Gasteiger partial charge < -0.3 is 25.4 Å². The maximum absolute atomic E-state index is 13.1. The Labute approximate surface area is 225 Å². The number of amides is 2. The number of carbonyl (C=O) groups is 2. The van der Waals surface area contributed by atoms with Crippen LogP contribution >= 0.6 is 11.6 Å². The van der Waals surface area contributed by atoms with Crippen LogP contribution < -0.4 is 16.0 Å². The molecule has 0 saturated heterocycles. The Hall–Kier alpha value is -2.61. The molecule has 8 heteroatoms. The summed E-state index contributed by atoms with van der Waals surface area (Å²) in [6.45, 7) is 3.12. The number of methoxy groups -OCH3 is 1. The van der Waals surface area contributed by atoms with Crippen molar-refractivity contribution in [3.8, 4) is 0 Å². The molecule has 3 N–H and O–H groups in total. The molecular weight excluding hydrogens is 490 g/mol. The number of benzene rings is 2. The zero-order chi connectivity index (χ0) is 26.6. The maximum atomic E-state index is 13.1. The minimum absolute atomic E-state index is 0.109. The van der Waals surface area contributed by atoms with E-state index in [2.05, 4.69) is 20.7 Å². The minimum Gasteiger partial charge on any atom is -0.453 e. The highest BCUT2D eigenvalue weighted by Gasteiger charge is 2.21. The Morgan fingerprint density at radius 2 is 1.86 bits per heavy atom. The Bertz CT molecular complexity index is 1030. The topological polar surface area (TPSA) is 88.7 Å². The van der Waals surface area contributed by atoms with Crippen LogP contribution in [0.2, 0.25) is 5.02 Å². The number of nitrogens with one attached hydrogen (secondary N) is 3. The van der Waals surface area contributed by atoms with E-state index in [1.165, 1.54) is 39.2 Å². The second kappa shape index (κ2) is 15.0. The summed E-state index contributed by atoms with van der Waals surface area (Å²) >= 11 is 6.27. The third-order valence-corrected chi connectivity index (χ3v) is 7.31. The van der Waals surface area contributed by atoms with E-state index in [0.717, 1.165) is 29.0 Å². The van der Waals surface area contributed by atoms with Crippen LogP contribution in [0.3, 0.4) is 0 Å². The zero-order valence-electron chi connectivity index (χ0n) is 22.1. The van der Waals surface area contributed by atoms with Gasteiger partial charge in [0, 0.05) is 29.7 Å². The number of halogens is 1. The second-order valence-electron chi connectivity index (χ2n) is 9.73. The molecule has 7 nitrogen and oxygen atoms in total. The first kappa shape index (κ1) is 29.0. The number of alkyl carbamates (subject to hydrolysis) is 1. The average Bonchev–Trinajstić information content (AvgIpc) is 2.91. The van der Waals surface area contributed by atoms with Crippen molar-refractivity contribution in [2.75, 3.05) is 33.9 Å². The van der Waals surface area contributed by atoms with Crippen LogP contribution in [0.25, 0.3) is 0 Å². The van der Waals surface area contributed by atoms with Crippen LogP contribution in [0.1, 0.15) is 71.7 Å². The number of hydrogen-bond donors (Lipinski definition) is 3. The highest BCUT2D eigenvalue weighted by Crippen LogP contribution is 2.31. The SMILES string of the molecule is CNC(CNC(=O)c1ccc(C)c([C@@H](OCCNC(=O)OC)c2cccc(Cl)c2)c1)CC1CCCCC1. The fraction of sp³-hybridized carbons (Fsp3) is 0.517. The molecule has 2 amide bonds. The first-order valence-corrected chi connectivity index (χ1v) is 13.5. The van der Waals surface area contributed by atoms with E-state index in [1.807, 2.05) is 56.4 Å². The molecule has 2 aromatic carbocycles. The summed E-state index contributed by atoms with van der Waals surface area (Å²) in [5.41, 5.74) is 3.32. The first-order chi connectivity index (χ1) is 17.9. The van der Waals surface area contributed by atoms with E-state index < -0.39 is 12.2 Å². The lowest BCUT2D eigenvalue weighted by Gasteiger charge is -2.26. The van der Waals surface area contributed by atoms with Gasteiger partial charge in [0.1, 0.15) is 6.10 Å². The number of likely N-dealkylation sites (N-methyl/N-ethyl adjacent to an activating group) is 1. The molecule has 2 atom stereocenters. The molecule has 2 aromatic rings. The van der Waals surface area contributed by atoms with E-state index in [-0.39, 0.29) is 25.1 Å². The van der Waals surface area contributed by atoms with Gasteiger partial charge in [-0.3, -0.25) is 4.79 Å². The van der Waals surface area contributed by atoms with Gasteiger partial charge in [0.25, 0.3) is 5.91 Å². The van der Waals surface area contributed by atoms with E-state index in [4.69, 9.17) is 16.3 Å². The van der Waals surface area contributed by atoms with Gasteiger partial charge in [-0.2, -0.15) is 0 Å². The van der Waals surface area contributed by atoms with E-state index >= 15 is 0 Å². The molecule has 1 aliphatic carbocycles. The Morgan fingerprint density at radius 3 is 2.57 bits per heavy atom. The van der Waals surface area contributed by atoms with Gasteiger partial charge in [-0.25, -0.2) is 4.79 Å². The predicted molar refractivity (Wildman–Crippen MR) is 147 cm³/mol. The van der Waals surface area contributed by atoms with Crippen LogP contribution in [-0.2, 0) is 9.47 Å². The molecule has 0 heterocycles. The number of hydrogen-bond acceptors (Lipinski definition) is 5. The van der Waals surface area contributed by atoms with Gasteiger partial charge >= 0.3 is 6.09 Å². The minimum atomic E-state index is -0.513. The Kier molecular flexibility index (Phi) is 11.7. The second-order valence-corrected chi connectivity index (χ2v) is 10.2. The van der Waals surface area contributed by atoms with Crippen molar-refractivity contribution < 1.29 is 19.1 Å². The molecule has 1 saturated carbocycles. The highest BCUT2D eigenvalue weighted by atomic mass is 35.5. The first-order valence-electron chi connectivity index (χ1n) is 13.2. The van der Waals surface area contributed by atoms with Crippen LogP contribution in [0, 0.1) is 12.8 Å². The molecule has 1 fully saturated rings. The summed E-state index contributed by atoms with van der Waals surface area (Å²) < 4.78 is 10.8. The van der Waals surface area contributed by atoms with Gasteiger partial charge in [-0.1, -0.05) is 61.9 Å². The van der Waals surface area contributed by atoms with Crippen molar-refractivity contribution in [3.63, 3.8) is 0 Å². The molecule has 0 aromatic heterocycles. The summed E-state index contributed by atoms with van der Waals surface area (Å²) in [6, 6.07) is 13.4. The predicted octanol–water partition coefficient (Wildman–Crippen LogP) is 5.40. The third-order valence-electron chi connectivity index (χ3n) is 7.08. The van der Waals surface area contributed by atoms with Gasteiger partial charge in [0.2, 0.25) is 0 Å². The van der Waals surface area contributed by atoms with Crippen molar-refractivity contribution in [1.29, 1.82) is 0 Å². The lowest BCUT2D eigenvalue weighted by Crippen LogP contribution is -2.40. The molecule has 0 spiro atoms. The molecule has 0 radical (unpaired) electrons. The largest absolute Gasteiger partial charge is 0.453 e. The molecule has 3 rings (SSSR count). The fourth-order valence-corrected chi connectivity index (χ4v) is 5.15. The Morgan fingerprint density at radius 1 is 1.08 bits per heavy atom. The molecule has 1 aliphatic rings. The summed E-state index contributed by atoms with van der Waals surface area (Å²) in [4.78, 5) is 24.5. The molecule has 202 valence electrons. The van der Waals surface area contributed by atoms with E-state index in [9.17, 15) is 9.59 Å². The summed E-state index contributed by atoms with van der Waals surface area (Å²) in [5.74, 6) is 0.626. The van der Waals surface area contributed by atoms with Crippen LogP contribution in [0.15, 0.2) is 42.5 Å². The zero-order valence-corrected chi connectivity index (χ0v) is 22.9. The number of aryl methyl sites for hydroxylation is 1. The van der Waals surface area contributed by atoms with Crippen LogP contribution in [0.5, 0.6) is 0 Å². The van der Waals surface area contributed by atoms with E-state index in [1.54, 1.807) is 0 Å². The molecular formula is C29H40ClN3O4. The summed E-state index contributed by atoms with van der Waals surface area (Å²) in [5, 5.41) is 9.72. The van der Waals surface area contributed by atoms with Crippen molar-refractivity contribution >= 4 is 23.6 Å². The van der Waals surface area contributed by atoms with Gasteiger partial charge in [0.05, 0.1) is 13.7 Å². The average molecular weight is 530 g/mol. The van der Waals surface area contributed by atoms with Crippen molar-refractivity contribution in [2.24, 2.45) is 5.92 Å². The molecule has 0 aliphatic heterocycles. The lowest BCUT2D eigenvalue weighted by atomic mass is 9.85. The van der Waals surface area contributed by atoms with Crippen molar-refractivity contribution in [1.82, 2.24) is 16.0 Å². The van der Waals surface area contributed by atoms with E-state index in [0.29, 0.717) is 17.1 Å². The number of ether oxygens (including phenoxy) is 2. The van der Waals surface area contributed by atoms with Gasteiger partial charge in [-0.15, -0.1) is 0 Å². The molecule has 37 heavy (non-hydrogen) atoms.